The Morgan fingerprint density at radius 2 is 1.83 bits per heavy atom. The third-order valence-electron chi connectivity index (χ3n) is 5.30. The van der Waals surface area contributed by atoms with Crippen molar-refractivity contribution in [3.8, 4) is 0 Å². The molecule has 1 heterocycles. The first-order valence-electron chi connectivity index (χ1n) is 8.75. The first-order chi connectivity index (χ1) is 11.1. The summed E-state index contributed by atoms with van der Waals surface area (Å²) in [5.74, 6) is 0.203. The maximum absolute atomic E-state index is 12.6. The molecule has 1 aliphatic heterocycles. The smallest absolute Gasteiger partial charge is 0.249 e. The normalized spacial score (nSPS) is 22.4. The Labute approximate surface area is 138 Å². The van der Waals surface area contributed by atoms with Crippen LogP contribution >= 0.6 is 0 Å². The van der Waals surface area contributed by atoms with Crippen LogP contribution in [0.15, 0.2) is 18.2 Å². The van der Waals surface area contributed by atoms with Gasteiger partial charge in [0.25, 0.3) is 0 Å². The summed E-state index contributed by atoms with van der Waals surface area (Å²) in [5, 5.41) is 2.99. The average Bonchev–Trinajstić information content (AvgIpc) is 2.92. The van der Waals surface area contributed by atoms with Crippen LogP contribution in [0.25, 0.3) is 0 Å². The predicted octanol–water partition coefficient (Wildman–Crippen LogP) is 3.11. The molecule has 23 heavy (non-hydrogen) atoms. The average molecular weight is 314 g/mol. The van der Waals surface area contributed by atoms with Crippen molar-refractivity contribution in [3.05, 3.63) is 29.3 Å². The van der Waals surface area contributed by atoms with Crippen LogP contribution in [-0.2, 0) is 9.59 Å². The van der Waals surface area contributed by atoms with Crippen molar-refractivity contribution in [2.45, 2.75) is 58.4 Å². The van der Waals surface area contributed by atoms with Crippen LogP contribution in [-0.4, -0.2) is 24.4 Å². The van der Waals surface area contributed by atoms with E-state index in [0.717, 1.165) is 31.4 Å². The number of nitrogens with one attached hydrogen (secondary N) is 1. The number of hydrogen-bond donors (Lipinski definition) is 1. The van der Waals surface area contributed by atoms with E-state index in [-0.39, 0.29) is 23.8 Å². The topological polar surface area (TPSA) is 49.4 Å². The van der Waals surface area contributed by atoms with Gasteiger partial charge in [-0.25, -0.2) is 0 Å². The highest BCUT2D eigenvalue weighted by molar-refractivity contribution is 6.01. The first kappa shape index (κ1) is 16.0. The van der Waals surface area contributed by atoms with E-state index in [1.807, 2.05) is 12.1 Å². The van der Waals surface area contributed by atoms with Gasteiger partial charge in [0.2, 0.25) is 11.8 Å². The van der Waals surface area contributed by atoms with E-state index < -0.39 is 0 Å². The van der Waals surface area contributed by atoms with Gasteiger partial charge in [0.1, 0.15) is 6.04 Å². The van der Waals surface area contributed by atoms with Gasteiger partial charge in [-0.3, -0.25) is 9.59 Å². The second-order valence-corrected chi connectivity index (χ2v) is 6.94. The minimum absolute atomic E-state index is 0.0254. The van der Waals surface area contributed by atoms with Gasteiger partial charge in [-0.2, -0.15) is 0 Å². The van der Waals surface area contributed by atoms with Crippen LogP contribution in [0.3, 0.4) is 0 Å². The fourth-order valence-electron chi connectivity index (χ4n) is 3.62. The van der Waals surface area contributed by atoms with E-state index in [2.05, 4.69) is 25.2 Å². The van der Waals surface area contributed by atoms with Gasteiger partial charge in [0, 0.05) is 18.2 Å². The molecule has 124 valence electrons. The number of amides is 2. The van der Waals surface area contributed by atoms with Crippen molar-refractivity contribution in [3.63, 3.8) is 0 Å². The molecule has 0 unspecified atom stereocenters. The Morgan fingerprint density at radius 3 is 2.52 bits per heavy atom. The van der Waals surface area contributed by atoms with E-state index in [1.54, 1.807) is 4.90 Å². The molecule has 4 heteroatoms. The minimum atomic E-state index is -0.356. The van der Waals surface area contributed by atoms with Crippen molar-refractivity contribution < 1.29 is 9.59 Å². The lowest BCUT2D eigenvalue weighted by molar-refractivity contribution is -0.129. The molecule has 0 radical (unpaired) electrons. The quantitative estimate of drug-likeness (QED) is 0.932. The lowest BCUT2D eigenvalue weighted by atomic mass is 9.88. The van der Waals surface area contributed by atoms with Crippen molar-refractivity contribution in [1.29, 1.82) is 0 Å². The van der Waals surface area contributed by atoms with Gasteiger partial charge in [-0.05, 0) is 56.4 Å². The molecule has 2 amide bonds. The molecule has 1 aromatic rings. The summed E-state index contributed by atoms with van der Waals surface area (Å²) in [6.45, 7) is 4.80. The first-order valence-corrected chi connectivity index (χ1v) is 8.75. The number of carbonyl (C=O) groups is 2. The van der Waals surface area contributed by atoms with Crippen LogP contribution in [0.2, 0.25) is 0 Å². The molecular formula is C19H26N2O2. The number of anilines is 1. The molecule has 4 nitrogen and oxygen atoms in total. The highest BCUT2D eigenvalue weighted by atomic mass is 16.2. The zero-order valence-corrected chi connectivity index (χ0v) is 14.1. The van der Waals surface area contributed by atoms with Crippen LogP contribution in [0, 0.1) is 19.8 Å². The molecule has 0 bridgehead atoms. The van der Waals surface area contributed by atoms with Crippen LogP contribution in [0.1, 0.15) is 49.7 Å². The monoisotopic (exact) mass is 314 g/mol. The Hall–Kier alpha value is -1.84. The fraction of sp³-hybridized carbons (Fsp3) is 0.579. The number of nitrogens with zero attached hydrogens (tertiary/aromatic N) is 1. The van der Waals surface area contributed by atoms with Crippen molar-refractivity contribution in [2.75, 3.05) is 11.4 Å². The standard InChI is InChI=1S/C19H26N2O2/c1-13-8-9-16(12-14(13)2)21-11-10-17(19(21)23)20-18(22)15-6-4-3-5-7-15/h8-9,12,15,17H,3-7,10-11H2,1-2H3,(H,20,22)/t17-/m1/s1. The van der Waals surface area contributed by atoms with Crippen molar-refractivity contribution in [1.82, 2.24) is 5.32 Å². The summed E-state index contributed by atoms with van der Waals surface area (Å²) in [6.07, 6.45) is 6.12. The van der Waals surface area contributed by atoms with E-state index in [9.17, 15) is 9.59 Å². The maximum atomic E-state index is 12.6. The van der Waals surface area contributed by atoms with E-state index in [1.165, 1.54) is 17.5 Å². The number of aryl methyl sites for hydroxylation is 2. The van der Waals surface area contributed by atoms with E-state index >= 15 is 0 Å². The second-order valence-electron chi connectivity index (χ2n) is 6.94. The molecule has 1 N–H and O–H groups in total. The summed E-state index contributed by atoms with van der Waals surface area (Å²) in [7, 11) is 0. The van der Waals surface area contributed by atoms with Gasteiger partial charge < -0.3 is 10.2 Å². The van der Waals surface area contributed by atoms with Crippen LogP contribution in [0.4, 0.5) is 5.69 Å². The lowest BCUT2D eigenvalue weighted by Gasteiger charge is -2.23. The largest absolute Gasteiger partial charge is 0.344 e. The van der Waals surface area contributed by atoms with Gasteiger partial charge in [0.05, 0.1) is 0 Å². The zero-order valence-electron chi connectivity index (χ0n) is 14.1. The lowest BCUT2D eigenvalue weighted by Crippen LogP contribution is -2.44. The zero-order chi connectivity index (χ0) is 16.4. The minimum Gasteiger partial charge on any atom is -0.344 e. The molecule has 1 aromatic carbocycles. The molecule has 0 aromatic heterocycles. The predicted molar refractivity (Wildman–Crippen MR) is 91.4 cm³/mol. The van der Waals surface area contributed by atoms with Crippen LogP contribution < -0.4 is 10.2 Å². The summed E-state index contributed by atoms with van der Waals surface area (Å²) in [6, 6.07) is 5.74. The van der Waals surface area contributed by atoms with Crippen molar-refractivity contribution in [2.24, 2.45) is 5.92 Å². The van der Waals surface area contributed by atoms with Gasteiger partial charge in [0.15, 0.2) is 0 Å². The third kappa shape index (κ3) is 3.41. The summed E-state index contributed by atoms with van der Waals surface area (Å²) in [4.78, 5) is 26.8. The van der Waals surface area contributed by atoms with Gasteiger partial charge in [-0.1, -0.05) is 25.3 Å². The van der Waals surface area contributed by atoms with Gasteiger partial charge in [-0.15, -0.1) is 0 Å². The molecule has 2 fully saturated rings. The summed E-state index contributed by atoms with van der Waals surface area (Å²) in [5.41, 5.74) is 3.35. The highest BCUT2D eigenvalue weighted by Gasteiger charge is 2.35. The number of hydrogen-bond acceptors (Lipinski definition) is 2. The molecule has 3 rings (SSSR count). The second kappa shape index (κ2) is 6.73. The van der Waals surface area contributed by atoms with E-state index in [0.29, 0.717) is 13.0 Å². The number of rotatable bonds is 3. The third-order valence-corrected chi connectivity index (χ3v) is 5.30. The Kier molecular flexibility index (Phi) is 4.69. The summed E-state index contributed by atoms with van der Waals surface area (Å²) >= 11 is 0. The van der Waals surface area contributed by atoms with Crippen molar-refractivity contribution >= 4 is 17.5 Å². The molecule has 0 spiro atoms. The van der Waals surface area contributed by atoms with E-state index in [4.69, 9.17) is 0 Å². The highest BCUT2D eigenvalue weighted by Crippen LogP contribution is 2.26. The SMILES string of the molecule is Cc1ccc(N2CC[C@@H](NC(=O)C3CCCCC3)C2=O)cc1C. The Morgan fingerprint density at radius 1 is 1.09 bits per heavy atom. The number of carbonyl (C=O) groups excluding carboxylic acids is 2. The molecule has 1 atom stereocenters. The molecule has 1 aliphatic carbocycles. The molecule has 2 aliphatic rings. The Balaban J connectivity index is 1.64. The Bertz CT molecular complexity index is 605. The number of benzene rings is 1. The fourth-order valence-corrected chi connectivity index (χ4v) is 3.62. The maximum Gasteiger partial charge on any atom is 0.249 e. The molecular weight excluding hydrogens is 288 g/mol. The molecule has 1 saturated heterocycles. The van der Waals surface area contributed by atoms with Crippen LogP contribution in [0.5, 0.6) is 0 Å². The van der Waals surface area contributed by atoms with Gasteiger partial charge >= 0.3 is 0 Å². The summed E-state index contributed by atoms with van der Waals surface area (Å²) < 4.78 is 0. The molecule has 1 saturated carbocycles.